The van der Waals surface area contributed by atoms with Crippen LogP contribution < -0.4 is 15.7 Å². The number of aromatic nitrogens is 3. The van der Waals surface area contributed by atoms with Gasteiger partial charge in [-0.2, -0.15) is 0 Å². The normalized spacial score (nSPS) is 10.8. The van der Waals surface area contributed by atoms with Gasteiger partial charge in [0.25, 0.3) is 5.56 Å². The number of nitrogens with zero attached hydrogens (tertiary/aromatic N) is 3. The van der Waals surface area contributed by atoms with Crippen LogP contribution in [0, 0.1) is 6.92 Å². The molecule has 0 unspecified atom stereocenters. The van der Waals surface area contributed by atoms with Crippen molar-refractivity contribution < 1.29 is 9.94 Å². The second kappa shape index (κ2) is 7.86. The number of phenols is 1. The van der Waals surface area contributed by atoms with Crippen LogP contribution in [0.25, 0.3) is 11.0 Å². The Morgan fingerprint density at radius 1 is 1.27 bits per heavy atom. The van der Waals surface area contributed by atoms with Crippen LogP contribution >= 0.6 is 0 Å². The zero-order chi connectivity index (χ0) is 18.5. The molecule has 136 valence electrons. The lowest BCUT2D eigenvalue weighted by molar-refractivity contribution is 0.108. The van der Waals surface area contributed by atoms with Gasteiger partial charge in [-0.25, -0.2) is 9.97 Å². The van der Waals surface area contributed by atoms with Gasteiger partial charge < -0.3 is 15.3 Å². The molecule has 0 aliphatic rings. The third-order valence-electron chi connectivity index (χ3n) is 4.13. The number of phenolic OH excluding ortho intramolecular Hbond substituents is 1. The van der Waals surface area contributed by atoms with Crippen LogP contribution in [0.15, 0.2) is 41.5 Å². The van der Waals surface area contributed by atoms with Gasteiger partial charge in [-0.3, -0.25) is 4.79 Å². The Bertz CT molecular complexity index is 969. The van der Waals surface area contributed by atoms with Crippen molar-refractivity contribution in [1.29, 1.82) is 0 Å². The van der Waals surface area contributed by atoms with E-state index >= 15 is 0 Å². The summed E-state index contributed by atoms with van der Waals surface area (Å²) in [5, 5.41) is 13.9. The second-order valence-electron chi connectivity index (χ2n) is 6.02. The molecule has 0 amide bonds. The number of aryl methyl sites for hydroxylation is 1. The highest BCUT2D eigenvalue weighted by molar-refractivity contribution is 5.90. The summed E-state index contributed by atoms with van der Waals surface area (Å²) in [6.07, 6.45) is 3.25. The molecule has 2 heterocycles. The highest BCUT2D eigenvalue weighted by Gasteiger charge is 2.14. The molecule has 2 N–H and O–H groups in total. The molecule has 0 aliphatic carbocycles. The Morgan fingerprint density at radius 3 is 2.85 bits per heavy atom. The Morgan fingerprint density at radius 2 is 2.08 bits per heavy atom. The minimum Gasteiger partial charge on any atom is -0.508 e. The van der Waals surface area contributed by atoms with Crippen LogP contribution in [-0.2, 0) is 6.54 Å². The number of benzene rings is 1. The van der Waals surface area contributed by atoms with Crippen molar-refractivity contribution in [2.24, 2.45) is 0 Å². The number of pyridine rings is 1. The summed E-state index contributed by atoms with van der Waals surface area (Å²) in [6.45, 7) is 4.73. The molecule has 0 bridgehead atoms. The summed E-state index contributed by atoms with van der Waals surface area (Å²) in [6, 6.07) is 8.54. The highest BCUT2D eigenvalue weighted by atomic mass is 16.7. The summed E-state index contributed by atoms with van der Waals surface area (Å²) < 4.78 is 1.23. The summed E-state index contributed by atoms with van der Waals surface area (Å²) >= 11 is 0. The predicted octanol–water partition coefficient (Wildman–Crippen LogP) is 2.65. The van der Waals surface area contributed by atoms with E-state index in [1.54, 1.807) is 12.1 Å². The van der Waals surface area contributed by atoms with Gasteiger partial charge in [0, 0.05) is 18.2 Å². The maximum atomic E-state index is 12.5. The molecule has 0 radical (unpaired) electrons. The van der Waals surface area contributed by atoms with Crippen molar-refractivity contribution in [2.75, 3.05) is 11.9 Å². The first-order valence-electron chi connectivity index (χ1n) is 8.63. The highest BCUT2D eigenvalue weighted by Crippen LogP contribution is 2.24. The van der Waals surface area contributed by atoms with E-state index in [9.17, 15) is 9.90 Å². The van der Waals surface area contributed by atoms with Gasteiger partial charge in [0.15, 0.2) is 5.65 Å². The summed E-state index contributed by atoms with van der Waals surface area (Å²) in [4.78, 5) is 26.6. The maximum absolute atomic E-state index is 12.5. The SMILES string of the molecule is CCCCOn1c(=O)cc(NCc2ccccc2O)c2c(C)ncnc21. The Balaban J connectivity index is 1.99. The first kappa shape index (κ1) is 17.7. The molecule has 1 aromatic carbocycles. The fourth-order valence-electron chi connectivity index (χ4n) is 2.70. The zero-order valence-corrected chi connectivity index (χ0v) is 14.9. The van der Waals surface area contributed by atoms with Gasteiger partial charge in [-0.15, -0.1) is 4.73 Å². The molecule has 0 spiro atoms. The van der Waals surface area contributed by atoms with Crippen molar-refractivity contribution in [3.63, 3.8) is 0 Å². The zero-order valence-electron chi connectivity index (χ0n) is 14.9. The standard InChI is InChI=1S/C19H22N4O3/c1-3-4-9-26-23-17(25)10-15(18-13(2)21-12-22-19(18)23)20-11-14-7-5-6-8-16(14)24/h5-8,10,12,20,24H,3-4,9,11H2,1-2H3. The first-order chi connectivity index (χ1) is 12.6. The monoisotopic (exact) mass is 354 g/mol. The van der Waals surface area contributed by atoms with E-state index in [0.29, 0.717) is 24.5 Å². The van der Waals surface area contributed by atoms with Gasteiger partial charge in [0.1, 0.15) is 18.7 Å². The van der Waals surface area contributed by atoms with Crippen molar-refractivity contribution in [1.82, 2.24) is 14.7 Å². The summed E-state index contributed by atoms with van der Waals surface area (Å²) in [7, 11) is 0. The smallest absolute Gasteiger partial charge is 0.287 e. The molecule has 0 aliphatic heterocycles. The molecule has 0 atom stereocenters. The van der Waals surface area contributed by atoms with Gasteiger partial charge in [0.05, 0.1) is 16.8 Å². The summed E-state index contributed by atoms with van der Waals surface area (Å²) in [5.74, 6) is 0.202. The predicted molar refractivity (Wildman–Crippen MR) is 100 cm³/mol. The fraction of sp³-hybridized carbons (Fsp3) is 0.316. The number of fused-ring (bicyclic) bond motifs is 1. The van der Waals surface area contributed by atoms with E-state index in [1.807, 2.05) is 19.1 Å². The van der Waals surface area contributed by atoms with Crippen LogP contribution in [-0.4, -0.2) is 26.4 Å². The van der Waals surface area contributed by atoms with Gasteiger partial charge in [-0.1, -0.05) is 31.5 Å². The van der Waals surface area contributed by atoms with E-state index in [4.69, 9.17) is 4.84 Å². The lowest BCUT2D eigenvalue weighted by Gasteiger charge is -2.15. The van der Waals surface area contributed by atoms with Crippen LogP contribution in [0.4, 0.5) is 5.69 Å². The van der Waals surface area contributed by atoms with Gasteiger partial charge in [-0.05, 0) is 19.4 Å². The Hall–Kier alpha value is -3.09. The van der Waals surface area contributed by atoms with Crippen molar-refractivity contribution in [3.8, 4) is 5.75 Å². The fourth-order valence-corrected chi connectivity index (χ4v) is 2.70. The molecule has 0 fully saturated rings. The van der Waals surface area contributed by atoms with Crippen molar-refractivity contribution >= 4 is 16.7 Å². The number of aromatic hydroxyl groups is 1. The minimum atomic E-state index is -0.300. The van der Waals surface area contributed by atoms with E-state index in [2.05, 4.69) is 22.2 Å². The van der Waals surface area contributed by atoms with Crippen molar-refractivity contribution in [3.05, 3.63) is 58.3 Å². The van der Waals surface area contributed by atoms with Crippen LogP contribution in [0.2, 0.25) is 0 Å². The number of hydrogen-bond donors (Lipinski definition) is 2. The molecule has 0 saturated carbocycles. The molecule has 26 heavy (non-hydrogen) atoms. The number of para-hydroxylation sites is 1. The van der Waals surface area contributed by atoms with E-state index in [0.717, 1.165) is 29.5 Å². The molecular weight excluding hydrogens is 332 g/mol. The number of anilines is 1. The molecule has 3 rings (SSSR count). The van der Waals surface area contributed by atoms with Crippen LogP contribution in [0.3, 0.4) is 0 Å². The maximum Gasteiger partial charge on any atom is 0.287 e. The van der Waals surface area contributed by atoms with E-state index in [1.165, 1.54) is 17.1 Å². The topological polar surface area (TPSA) is 89.3 Å². The quantitative estimate of drug-likeness (QED) is 0.634. The molecule has 7 heteroatoms. The van der Waals surface area contributed by atoms with Crippen molar-refractivity contribution in [2.45, 2.75) is 33.2 Å². The lowest BCUT2D eigenvalue weighted by atomic mass is 10.1. The minimum absolute atomic E-state index is 0.202. The average molecular weight is 354 g/mol. The molecule has 7 nitrogen and oxygen atoms in total. The summed E-state index contributed by atoms with van der Waals surface area (Å²) in [5.41, 5.74) is 2.22. The molecule has 3 aromatic rings. The lowest BCUT2D eigenvalue weighted by Crippen LogP contribution is -2.29. The van der Waals surface area contributed by atoms with E-state index < -0.39 is 0 Å². The number of nitrogens with one attached hydrogen (secondary N) is 1. The van der Waals surface area contributed by atoms with Gasteiger partial charge in [0.2, 0.25) is 0 Å². The van der Waals surface area contributed by atoms with E-state index in [-0.39, 0.29) is 11.3 Å². The molecule has 0 saturated heterocycles. The Kier molecular flexibility index (Phi) is 5.36. The third-order valence-corrected chi connectivity index (χ3v) is 4.13. The molecule has 2 aromatic heterocycles. The largest absolute Gasteiger partial charge is 0.508 e. The molecular formula is C19H22N4O3. The van der Waals surface area contributed by atoms with Gasteiger partial charge >= 0.3 is 0 Å². The van der Waals surface area contributed by atoms with Crippen LogP contribution in [0.5, 0.6) is 5.75 Å². The second-order valence-corrected chi connectivity index (χ2v) is 6.02. The van der Waals surface area contributed by atoms with Crippen LogP contribution in [0.1, 0.15) is 31.0 Å². The first-order valence-corrected chi connectivity index (χ1v) is 8.63. The third kappa shape index (κ3) is 3.61. The average Bonchev–Trinajstić information content (AvgIpc) is 2.63. The number of hydrogen-bond acceptors (Lipinski definition) is 6. The number of rotatable bonds is 7. The Labute approximate surface area is 151 Å². The number of unbranched alkanes of at least 4 members (excludes halogenated alkanes) is 1.